The predicted molar refractivity (Wildman–Crippen MR) is 68.9 cm³/mol. The van der Waals surface area contributed by atoms with Crippen LogP contribution in [0.5, 0.6) is 0 Å². The van der Waals surface area contributed by atoms with Crippen molar-refractivity contribution in [3.05, 3.63) is 45.4 Å². The lowest BCUT2D eigenvalue weighted by Crippen LogP contribution is -1.98. The third kappa shape index (κ3) is 1.31. The van der Waals surface area contributed by atoms with Gasteiger partial charge in [-0.25, -0.2) is 0 Å². The average Bonchev–Trinajstić information content (AvgIpc) is 2.73. The lowest BCUT2D eigenvalue weighted by molar-refractivity contribution is 0.112. The van der Waals surface area contributed by atoms with Crippen molar-refractivity contribution in [2.45, 2.75) is 0 Å². The van der Waals surface area contributed by atoms with E-state index in [4.69, 9.17) is 0 Å². The van der Waals surface area contributed by atoms with E-state index in [0.717, 1.165) is 20.4 Å². The Morgan fingerprint density at radius 1 is 1.06 bits per heavy atom. The molecule has 2 aromatic heterocycles. The molecular formula is C12H6O2S2. The van der Waals surface area contributed by atoms with Gasteiger partial charge < -0.3 is 0 Å². The van der Waals surface area contributed by atoms with E-state index >= 15 is 0 Å². The Bertz CT molecular complexity index is 752. The number of benzene rings is 1. The monoisotopic (exact) mass is 246 g/mol. The first-order valence-corrected chi connectivity index (χ1v) is 6.33. The summed E-state index contributed by atoms with van der Waals surface area (Å²) in [6.07, 6.45) is 0.793. The molecule has 0 bridgehead atoms. The summed E-state index contributed by atoms with van der Waals surface area (Å²) in [5, 5.41) is 1.39. The lowest BCUT2D eigenvalue weighted by Gasteiger charge is -1.94. The van der Waals surface area contributed by atoms with Crippen molar-refractivity contribution in [2.24, 2.45) is 0 Å². The largest absolute Gasteiger partial charge is 0.297 e. The molecule has 0 aliphatic rings. The number of fused-ring (bicyclic) bond motifs is 2. The summed E-state index contributed by atoms with van der Waals surface area (Å²) in [4.78, 5) is 23.4. The molecule has 4 heteroatoms. The van der Waals surface area contributed by atoms with Crippen LogP contribution in [0.2, 0.25) is 0 Å². The maximum Gasteiger partial charge on any atom is 0.196 e. The molecule has 2 heterocycles. The predicted octanol–water partition coefficient (Wildman–Crippen LogP) is 3.29. The van der Waals surface area contributed by atoms with Gasteiger partial charge in [-0.15, -0.1) is 22.7 Å². The summed E-state index contributed by atoms with van der Waals surface area (Å²) in [5.41, 5.74) is 0.0219. The zero-order chi connectivity index (χ0) is 11.1. The quantitative estimate of drug-likeness (QED) is 0.617. The van der Waals surface area contributed by atoms with Crippen molar-refractivity contribution in [2.75, 3.05) is 0 Å². The summed E-state index contributed by atoms with van der Waals surface area (Å²) in [6.45, 7) is 0. The summed E-state index contributed by atoms with van der Waals surface area (Å²) >= 11 is 2.94. The van der Waals surface area contributed by atoms with Crippen molar-refractivity contribution in [1.82, 2.24) is 0 Å². The second kappa shape index (κ2) is 3.50. The van der Waals surface area contributed by atoms with Gasteiger partial charge in [0.1, 0.15) is 0 Å². The Balaban J connectivity index is 2.58. The molecule has 78 valence electrons. The minimum absolute atomic E-state index is 0.0219. The van der Waals surface area contributed by atoms with Crippen LogP contribution in [0.15, 0.2) is 35.1 Å². The topological polar surface area (TPSA) is 34.1 Å². The van der Waals surface area contributed by atoms with Crippen LogP contribution in [0.1, 0.15) is 9.67 Å². The van der Waals surface area contributed by atoms with Gasteiger partial charge in [0.2, 0.25) is 0 Å². The van der Waals surface area contributed by atoms with Gasteiger partial charge in [0.15, 0.2) is 11.7 Å². The zero-order valence-electron chi connectivity index (χ0n) is 8.10. The van der Waals surface area contributed by atoms with Crippen LogP contribution in [0.25, 0.3) is 19.5 Å². The fourth-order valence-corrected chi connectivity index (χ4v) is 3.98. The van der Waals surface area contributed by atoms with Gasteiger partial charge in [-0.3, -0.25) is 9.59 Å². The molecule has 0 aliphatic heterocycles. The summed E-state index contributed by atoms with van der Waals surface area (Å²) < 4.78 is 1.89. The molecule has 0 fully saturated rings. The van der Waals surface area contributed by atoms with Gasteiger partial charge in [0.05, 0.1) is 14.3 Å². The van der Waals surface area contributed by atoms with Crippen molar-refractivity contribution in [1.29, 1.82) is 0 Å². The lowest BCUT2D eigenvalue weighted by atomic mass is 10.2. The Morgan fingerprint density at radius 2 is 1.88 bits per heavy atom. The highest BCUT2D eigenvalue weighted by Gasteiger charge is 2.08. The molecular weight excluding hydrogens is 240 g/mol. The second-order valence-corrected chi connectivity index (χ2v) is 5.79. The summed E-state index contributed by atoms with van der Waals surface area (Å²) in [7, 11) is 0. The maximum absolute atomic E-state index is 12.1. The third-order valence-corrected chi connectivity index (χ3v) is 4.75. The second-order valence-electron chi connectivity index (χ2n) is 3.40. The van der Waals surface area contributed by atoms with Crippen molar-refractivity contribution < 1.29 is 4.79 Å². The summed E-state index contributed by atoms with van der Waals surface area (Å²) in [5.74, 6) is 0. The number of hydrogen-bond acceptors (Lipinski definition) is 4. The first kappa shape index (κ1) is 9.69. The molecule has 3 rings (SSSR count). The van der Waals surface area contributed by atoms with Crippen LogP contribution in [0.3, 0.4) is 0 Å². The van der Waals surface area contributed by atoms with Gasteiger partial charge in [-0.05, 0) is 18.2 Å². The molecule has 0 amide bonds. The van der Waals surface area contributed by atoms with Crippen LogP contribution in [0.4, 0.5) is 0 Å². The van der Waals surface area contributed by atoms with Gasteiger partial charge in [0, 0.05) is 10.1 Å². The smallest absolute Gasteiger partial charge is 0.196 e. The molecule has 2 nitrogen and oxygen atoms in total. The third-order valence-electron chi connectivity index (χ3n) is 2.41. The van der Waals surface area contributed by atoms with Gasteiger partial charge >= 0.3 is 0 Å². The molecule has 0 saturated carbocycles. The van der Waals surface area contributed by atoms with Crippen molar-refractivity contribution >= 4 is 48.4 Å². The van der Waals surface area contributed by atoms with E-state index in [1.54, 1.807) is 17.4 Å². The molecule has 16 heavy (non-hydrogen) atoms. The summed E-state index contributed by atoms with van der Waals surface area (Å²) in [6, 6.07) is 9.21. The first-order chi connectivity index (χ1) is 7.79. The molecule has 0 saturated heterocycles. The van der Waals surface area contributed by atoms with E-state index in [0.29, 0.717) is 10.3 Å². The molecule has 0 spiro atoms. The Hall–Kier alpha value is -1.52. The zero-order valence-corrected chi connectivity index (χ0v) is 9.73. The number of aldehydes is 1. The SMILES string of the molecule is O=Cc1cc2c(=O)c3ccccc3sc2s1. The van der Waals surface area contributed by atoms with E-state index in [-0.39, 0.29) is 5.43 Å². The highest BCUT2D eigenvalue weighted by Crippen LogP contribution is 2.30. The molecule has 0 unspecified atom stereocenters. The Kier molecular flexibility index (Phi) is 2.12. The van der Waals surface area contributed by atoms with Crippen LogP contribution in [-0.2, 0) is 0 Å². The van der Waals surface area contributed by atoms with Crippen molar-refractivity contribution in [3.63, 3.8) is 0 Å². The van der Waals surface area contributed by atoms with Crippen LogP contribution < -0.4 is 5.43 Å². The number of hydrogen-bond donors (Lipinski definition) is 0. The molecule has 0 radical (unpaired) electrons. The minimum atomic E-state index is 0.0219. The van der Waals surface area contributed by atoms with Gasteiger partial charge in [-0.1, -0.05) is 12.1 Å². The van der Waals surface area contributed by atoms with Crippen molar-refractivity contribution in [3.8, 4) is 0 Å². The van der Waals surface area contributed by atoms with Gasteiger partial charge in [-0.2, -0.15) is 0 Å². The standard InChI is InChI=1S/C12H6O2S2/c13-6-7-5-9-11(14)8-3-1-2-4-10(8)16-12(9)15-7/h1-6H. The highest BCUT2D eigenvalue weighted by molar-refractivity contribution is 7.41. The molecule has 0 atom stereocenters. The molecule has 3 aromatic rings. The number of carbonyl (C=O) groups is 1. The minimum Gasteiger partial charge on any atom is -0.297 e. The fourth-order valence-electron chi connectivity index (χ4n) is 1.67. The number of thiophene rings is 1. The maximum atomic E-state index is 12.1. The Labute approximate surface area is 98.8 Å². The molecule has 1 aromatic carbocycles. The Morgan fingerprint density at radius 3 is 2.69 bits per heavy atom. The average molecular weight is 246 g/mol. The van der Waals surface area contributed by atoms with Crippen LogP contribution >= 0.6 is 22.7 Å². The van der Waals surface area contributed by atoms with Crippen LogP contribution in [-0.4, -0.2) is 6.29 Å². The van der Waals surface area contributed by atoms with E-state index < -0.39 is 0 Å². The van der Waals surface area contributed by atoms with Crippen LogP contribution in [0, 0.1) is 0 Å². The number of rotatable bonds is 1. The highest BCUT2D eigenvalue weighted by atomic mass is 32.2. The van der Waals surface area contributed by atoms with E-state index in [2.05, 4.69) is 0 Å². The molecule has 0 N–H and O–H groups in total. The van der Waals surface area contributed by atoms with Gasteiger partial charge in [0.25, 0.3) is 0 Å². The van der Waals surface area contributed by atoms with E-state index in [9.17, 15) is 9.59 Å². The first-order valence-electron chi connectivity index (χ1n) is 4.70. The number of carbonyl (C=O) groups excluding carboxylic acids is 1. The van der Waals surface area contributed by atoms with E-state index in [1.165, 1.54) is 11.3 Å². The fraction of sp³-hybridized carbons (Fsp3) is 0. The normalized spacial score (nSPS) is 11.0. The molecule has 0 aliphatic carbocycles. The van der Waals surface area contributed by atoms with E-state index in [1.807, 2.05) is 24.3 Å².